The summed E-state index contributed by atoms with van der Waals surface area (Å²) in [5.41, 5.74) is 1.07. The maximum Gasteiger partial charge on any atom is 0.226 e. The van der Waals surface area contributed by atoms with Crippen molar-refractivity contribution in [3.05, 3.63) is 48.2 Å². The van der Waals surface area contributed by atoms with Gasteiger partial charge in [-0.3, -0.25) is 0 Å². The van der Waals surface area contributed by atoms with E-state index in [4.69, 9.17) is 16.3 Å². The second kappa shape index (κ2) is 7.10. The summed E-state index contributed by atoms with van der Waals surface area (Å²) in [6.07, 6.45) is 1.75. The Kier molecular flexibility index (Phi) is 5.18. The Labute approximate surface area is 124 Å². The summed E-state index contributed by atoms with van der Waals surface area (Å²) >= 11 is 6.33. The van der Waals surface area contributed by atoms with Crippen LogP contribution < -0.4 is 10.1 Å². The lowest BCUT2D eigenvalue weighted by molar-refractivity contribution is 0.232. The number of rotatable bonds is 6. The molecule has 0 saturated carbocycles. The molecule has 0 fully saturated rings. The van der Waals surface area contributed by atoms with Crippen molar-refractivity contribution < 1.29 is 4.74 Å². The van der Waals surface area contributed by atoms with Crippen molar-refractivity contribution in [2.24, 2.45) is 0 Å². The zero-order valence-corrected chi connectivity index (χ0v) is 12.3. The van der Waals surface area contributed by atoms with Crippen molar-refractivity contribution in [3.8, 4) is 5.88 Å². The maximum atomic E-state index is 6.33. The molecular weight excluding hydrogens is 274 g/mol. The lowest BCUT2D eigenvalue weighted by Gasteiger charge is -2.12. The average Bonchev–Trinajstić information content (AvgIpc) is 2.45. The van der Waals surface area contributed by atoms with E-state index in [0.29, 0.717) is 18.4 Å². The third kappa shape index (κ3) is 4.38. The number of hydrogen-bond acceptors (Lipinski definition) is 4. The number of anilines is 1. The number of hydrogen-bond donors (Lipinski definition) is 1. The van der Waals surface area contributed by atoms with Gasteiger partial charge in [-0.1, -0.05) is 30.3 Å². The monoisotopic (exact) mass is 291 g/mol. The smallest absolute Gasteiger partial charge is 0.226 e. The molecule has 1 heterocycles. The first-order valence-corrected chi connectivity index (χ1v) is 7.01. The number of halogens is 1. The summed E-state index contributed by atoms with van der Waals surface area (Å²) in [6.45, 7) is 4.47. The fourth-order valence-corrected chi connectivity index (χ4v) is 1.92. The molecule has 1 atom stereocenters. The fraction of sp³-hybridized carbons (Fsp3) is 0.333. The highest BCUT2D eigenvalue weighted by atomic mass is 35.5. The molecule has 106 valence electrons. The molecule has 5 heteroatoms. The number of benzene rings is 1. The molecule has 0 saturated heterocycles. The van der Waals surface area contributed by atoms with Crippen molar-refractivity contribution in [3.63, 3.8) is 0 Å². The molecule has 1 unspecified atom stereocenters. The van der Waals surface area contributed by atoms with Gasteiger partial charge in [0.1, 0.15) is 0 Å². The van der Waals surface area contributed by atoms with E-state index in [1.54, 1.807) is 12.3 Å². The zero-order valence-electron chi connectivity index (χ0n) is 11.6. The van der Waals surface area contributed by atoms with Crippen molar-refractivity contribution in [1.82, 2.24) is 9.97 Å². The molecule has 2 rings (SSSR count). The molecule has 0 bridgehead atoms. The van der Waals surface area contributed by atoms with Crippen molar-refractivity contribution in [2.75, 3.05) is 11.9 Å². The van der Waals surface area contributed by atoms with Gasteiger partial charge in [0.15, 0.2) is 0 Å². The van der Waals surface area contributed by atoms with E-state index in [-0.39, 0.29) is 11.5 Å². The molecule has 0 aliphatic rings. The van der Waals surface area contributed by atoms with E-state index in [1.807, 2.05) is 44.2 Å². The molecule has 20 heavy (non-hydrogen) atoms. The van der Waals surface area contributed by atoms with E-state index in [9.17, 15) is 0 Å². The molecule has 2 aromatic rings. The van der Waals surface area contributed by atoms with Gasteiger partial charge < -0.3 is 10.1 Å². The molecule has 1 aromatic heterocycles. The summed E-state index contributed by atoms with van der Waals surface area (Å²) in [6, 6.07) is 11.6. The number of nitrogens with one attached hydrogen (secondary N) is 1. The van der Waals surface area contributed by atoms with Crippen LogP contribution >= 0.6 is 11.6 Å². The summed E-state index contributed by atoms with van der Waals surface area (Å²) in [5.74, 6) is 1.08. The largest absolute Gasteiger partial charge is 0.475 e. The van der Waals surface area contributed by atoms with Crippen LogP contribution in [0, 0.1) is 0 Å². The van der Waals surface area contributed by atoms with Crippen LogP contribution in [0.4, 0.5) is 5.95 Å². The highest BCUT2D eigenvalue weighted by Crippen LogP contribution is 2.20. The first-order valence-electron chi connectivity index (χ1n) is 6.57. The fourth-order valence-electron chi connectivity index (χ4n) is 1.70. The van der Waals surface area contributed by atoms with Gasteiger partial charge in [0.2, 0.25) is 11.8 Å². The third-order valence-electron chi connectivity index (χ3n) is 2.59. The van der Waals surface area contributed by atoms with Crippen LogP contribution in [0.3, 0.4) is 0 Å². The first kappa shape index (κ1) is 14.6. The van der Waals surface area contributed by atoms with E-state index >= 15 is 0 Å². The molecule has 0 aliphatic carbocycles. The number of aromatic nitrogens is 2. The third-order valence-corrected chi connectivity index (χ3v) is 2.99. The van der Waals surface area contributed by atoms with E-state index < -0.39 is 0 Å². The van der Waals surface area contributed by atoms with Gasteiger partial charge in [0.25, 0.3) is 0 Å². The molecule has 0 aliphatic heterocycles. The SMILES string of the molecule is CC(C)Oc1ccnc(NCC(Cl)c2ccccc2)n1. The Bertz CT molecular complexity index is 534. The normalized spacial score (nSPS) is 12.2. The molecule has 4 nitrogen and oxygen atoms in total. The van der Waals surface area contributed by atoms with E-state index in [1.165, 1.54) is 0 Å². The lowest BCUT2D eigenvalue weighted by atomic mass is 10.1. The molecule has 1 aromatic carbocycles. The van der Waals surface area contributed by atoms with Crippen molar-refractivity contribution in [1.29, 1.82) is 0 Å². The Morgan fingerprint density at radius 3 is 2.65 bits per heavy atom. The van der Waals surface area contributed by atoms with Crippen LogP contribution in [0.15, 0.2) is 42.6 Å². The minimum Gasteiger partial charge on any atom is -0.475 e. The second-order valence-corrected chi connectivity index (χ2v) is 5.17. The minimum absolute atomic E-state index is 0.0860. The van der Waals surface area contributed by atoms with Gasteiger partial charge in [-0.25, -0.2) is 4.98 Å². The lowest BCUT2D eigenvalue weighted by Crippen LogP contribution is -2.12. The van der Waals surface area contributed by atoms with Crippen molar-refractivity contribution in [2.45, 2.75) is 25.3 Å². The summed E-state index contributed by atoms with van der Waals surface area (Å²) in [7, 11) is 0. The molecule has 0 spiro atoms. The number of ether oxygens (including phenoxy) is 1. The van der Waals surface area contributed by atoms with Crippen LogP contribution in [-0.2, 0) is 0 Å². The van der Waals surface area contributed by atoms with E-state index in [0.717, 1.165) is 5.56 Å². The summed E-state index contributed by atoms with van der Waals surface area (Å²) in [5, 5.41) is 2.99. The number of alkyl halides is 1. The quantitative estimate of drug-likeness (QED) is 0.825. The Balaban J connectivity index is 1.94. The highest BCUT2D eigenvalue weighted by Gasteiger charge is 2.08. The Hall–Kier alpha value is -1.81. The van der Waals surface area contributed by atoms with Crippen LogP contribution in [0.5, 0.6) is 5.88 Å². The zero-order chi connectivity index (χ0) is 14.4. The van der Waals surface area contributed by atoms with Gasteiger partial charge in [-0.15, -0.1) is 11.6 Å². The van der Waals surface area contributed by atoms with Gasteiger partial charge in [-0.05, 0) is 19.4 Å². The summed E-state index contributed by atoms with van der Waals surface area (Å²) < 4.78 is 5.52. The van der Waals surface area contributed by atoms with Crippen LogP contribution in [0.1, 0.15) is 24.8 Å². The molecule has 0 amide bonds. The molecule has 1 N–H and O–H groups in total. The van der Waals surface area contributed by atoms with Gasteiger partial charge in [0.05, 0.1) is 11.5 Å². The second-order valence-electron chi connectivity index (χ2n) is 4.64. The predicted molar refractivity (Wildman–Crippen MR) is 81.3 cm³/mol. The van der Waals surface area contributed by atoms with Crippen LogP contribution in [0.2, 0.25) is 0 Å². The Morgan fingerprint density at radius 1 is 1.20 bits per heavy atom. The average molecular weight is 292 g/mol. The van der Waals surface area contributed by atoms with Gasteiger partial charge in [-0.2, -0.15) is 4.98 Å². The number of nitrogens with zero attached hydrogens (tertiary/aromatic N) is 2. The highest BCUT2D eigenvalue weighted by molar-refractivity contribution is 6.21. The summed E-state index contributed by atoms with van der Waals surface area (Å²) in [4.78, 5) is 8.43. The van der Waals surface area contributed by atoms with E-state index in [2.05, 4.69) is 15.3 Å². The van der Waals surface area contributed by atoms with Gasteiger partial charge in [0, 0.05) is 18.8 Å². The maximum absolute atomic E-state index is 6.33. The van der Waals surface area contributed by atoms with Crippen molar-refractivity contribution >= 4 is 17.5 Å². The molecular formula is C15H18ClN3O. The topological polar surface area (TPSA) is 47.0 Å². The Morgan fingerprint density at radius 2 is 1.95 bits per heavy atom. The first-order chi connectivity index (χ1) is 9.65. The predicted octanol–water partition coefficient (Wildman–Crippen LogP) is 3.66. The molecule has 0 radical (unpaired) electrons. The van der Waals surface area contributed by atoms with Crippen LogP contribution in [0.25, 0.3) is 0 Å². The minimum atomic E-state index is -0.130. The standard InChI is InChI=1S/C15H18ClN3O/c1-11(2)20-14-8-9-17-15(19-14)18-10-13(16)12-6-4-3-5-7-12/h3-9,11,13H,10H2,1-2H3,(H,17,18,19). The van der Waals surface area contributed by atoms with Crippen LogP contribution in [-0.4, -0.2) is 22.6 Å². The van der Waals surface area contributed by atoms with Gasteiger partial charge >= 0.3 is 0 Å².